The average Bonchev–Trinajstić information content (AvgIpc) is 2.56. The van der Waals surface area contributed by atoms with E-state index in [0.29, 0.717) is 12.3 Å². The van der Waals surface area contributed by atoms with Crippen LogP contribution in [0, 0.1) is 6.92 Å². The van der Waals surface area contributed by atoms with Gasteiger partial charge in [0.15, 0.2) is 0 Å². The molecular weight excluding hydrogens is 270 g/mol. The highest BCUT2D eigenvalue weighted by Gasteiger charge is 2.30. The zero-order valence-electron chi connectivity index (χ0n) is 13.3. The van der Waals surface area contributed by atoms with Gasteiger partial charge in [0.25, 0.3) is 0 Å². The van der Waals surface area contributed by atoms with E-state index in [1.54, 1.807) is 0 Å². The average molecular weight is 293 g/mol. The van der Waals surface area contributed by atoms with Crippen molar-refractivity contribution in [2.45, 2.75) is 38.6 Å². The van der Waals surface area contributed by atoms with Crippen molar-refractivity contribution in [3.63, 3.8) is 0 Å². The second-order valence-corrected chi connectivity index (χ2v) is 6.27. The van der Waals surface area contributed by atoms with E-state index < -0.39 is 0 Å². The van der Waals surface area contributed by atoms with Crippen LogP contribution < -0.4 is 0 Å². The Morgan fingerprint density at radius 2 is 1.73 bits per heavy atom. The fourth-order valence-electron chi connectivity index (χ4n) is 3.29. The molecule has 2 heteroatoms. The second-order valence-electron chi connectivity index (χ2n) is 6.27. The molecule has 1 saturated heterocycles. The largest absolute Gasteiger partial charge is 0.336 e. The zero-order chi connectivity index (χ0) is 15.5. The molecule has 0 aromatic heterocycles. The van der Waals surface area contributed by atoms with E-state index in [2.05, 4.69) is 62.4 Å². The molecule has 3 rings (SSSR count). The van der Waals surface area contributed by atoms with E-state index in [4.69, 9.17) is 0 Å². The number of likely N-dealkylation sites (tertiary alicyclic amines) is 1. The smallest absolute Gasteiger partial charge is 0.223 e. The first-order chi connectivity index (χ1) is 10.6. The second kappa shape index (κ2) is 6.35. The molecule has 1 heterocycles. The van der Waals surface area contributed by atoms with Crippen LogP contribution in [0.3, 0.4) is 0 Å². The number of hydrogen-bond acceptors (Lipinski definition) is 1. The lowest BCUT2D eigenvalue weighted by Crippen LogP contribution is -2.39. The van der Waals surface area contributed by atoms with Crippen LogP contribution in [0.25, 0.3) is 0 Å². The van der Waals surface area contributed by atoms with Gasteiger partial charge in [0.2, 0.25) is 5.91 Å². The third-order valence-electron chi connectivity index (χ3n) is 4.76. The van der Waals surface area contributed by atoms with Crippen molar-refractivity contribution in [3.05, 3.63) is 71.3 Å². The highest BCUT2D eigenvalue weighted by molar-refractivity contribution is 5.78. The van der Waals surface area contributed by atoms with Crippen LogP contribution in [0.5, 0.6) is 0 Å². The Hall–Kier alpha value is -2.09. The Labute approximate surface area is 132 Å². The van der Waals surface area contributed by atoms with Gasteiger partial charge in [-0.2, -0.15) is 0 Å². The maximum atomic E-state index is 12.6. The minimum atomic E-state index is 0.157. The van der Waals surface area contributed by atoms with Gasteiger partial charge in [0.1, 0.15) is 0 Å². The number of carbonyl (C=O) groups is 1. The van der Waals surface area contributed by atoms with E-state index in [-0.39, 0.29) is 11.9 Å². The number of nitrogens with zero attached hydrogens (tertiary/aromatic N) is 1. The summed E-state index contributed by atoms with van der Waals surface area (Å²) in [4.78, 5) is 14.6. The third-order valence-corrected chi connectivity index (χ3v) is 4.76. The molecule has 22 heavy (non-hydrogen) atoms. The molecule has 2 aromatic rings. The van der Waals surface area contributed by atoms with Gasteiger partial charge >= 0.3 is 0 Å². The number of benzene rings is 2. The van der Waals surface area contributed by atoms with E-state index >= 15 is 0 Å². The molecule has 0 aliphatic carbocycles. The van der Waals surface area contributed by atoms with Crippen molar-refractivity contribution in [3.8, 4) is 0 Å². The molecular formula is C20H23NO. The first-order valence-corrected chi connectivity index (χ1v) is 8.06. The van der Waals surface area contributed by atoms with Crippen LogP contribution in [0.2, 0.25) is 0 Å². The molecule has 0 spiro atoms. The number of piperidine rings is 1. The maximum Gasteiger partial charge on any atom is 0.223 e. The van der Waals surface area contributed by atoms with Crippen molar-refractivity contribution in [2.75, 3.05) is 6.54 Å². The molecule has 0 N–H and O–H groups in total. The highest BCUT2D eigenvalue weighted by atomic mass is 16.2. The summed E-state index contributed by atoms with van der Waals surface area (Å²) in [6.45, 7) is 5.06. The standard InChI is InChI=1S/C20H23NO/c1-15-8-10-17(11-9-15)16(2)21-13-12-19(14-20(21)22)18-6-4-3-5-7-18/h3-11,16,19H,12-14H2,1-2H3/t16-,19?/m0/s1. The van der Waals surface area contributed by atoms with Gasteiger partial charge in [-0.15, -0.1) is 0 Å². The predicted octanol–water partition coefficient (Wildman–Crippen LogP) is 4.46. The van der Waals surface area contributed by atoms with Crippen molar-refractivity contribution < 1.29 is 4.79 Å². The van der Waals surface area contributed by atoms with Crippen molar-refractivity contribution >= 4 is 5.91 Å². The quantitative estimate of drug-likeness (QED) is 0.818. The Kier molecular flexibility index (Phi) is 4.28. The number of aryl methyl sites for hydroxylation is 1. The van der Waals surface area contributed by atoms with Crippen LogP contribution in [-0.2, 0) is 4.79 Å². The normalized spacial score (nSPS) is 20.0. The molecule has 0 radical (unpaired) electrons. The fraction of sp³-hybridized carbons (Fsp3) is 0.350. The SMILES string of the molecule is Cc1ccc([C@H](C)N2CCC(c3ccccc3)CC2=O)cc1. The van der Waals surface area contributed by atoms with E-state index in [1.807, 2.05) is 11.0 Å². The number of hydrogen-bond donors (Lipinski definition) is 0. The van der Waals surface area contributed by atoms with Gasteiger partial charge in [-0.05, 0) is 37.3 Å². The summed E-state index contributed by atoms with van der Waals surface area (Å²) < 4.78 is 0. The molecule has 1 aliphatic rings. The highest BCUT2D eigenvalue weighted by Crippen LogP contribution is 2.32. The van der Waals surface area contributed by atoms with Crippen LogP contribution >= 0.6 is 0 Å². The first-order valence-electron chi connectivity index (χ1n) is 8.06. The van der Waals surface area contributed by atoms with Gasteiger partial charge in [-0.1, -0.05) is 60.2 Å². The Balaban J connectivity index is 1.70. The number of amides is 1. The fourth-order valence-corrected chi connectivity index (χ4v) is 3.29. The topological polar surface area (TPSA) is 20.3 Å². The van der Waals surface area contributed by atoms with Gasteiger partial charge in [0, 0.05) is 13.0 Å². The summed E-state index contributed by atoms with van der Waals surface area (Å²) in [5.41, 5.74) is 3.76. The van der Waals surface area contributed by atoms with Crippen molar-refractivity contribution in [2.24, 2.45) is 0 Å². The predicted molar refractivity (Wildman–Crippen MR) is 89.7 cm³/mol. The van der Waals surface area contributed by atoms with Gasteiger partial charge in [-0.3, -0.25) is 4.79 Å². The van der Waals surface area contributed by atoms with Gasteiger partial charge < -0.3 is 4.90 Å². The number of carbonyl (C=O) groups excluding carboxylic acids is 1. The summed E-state index contributed by atoms with van der Waals surface area (Å²) >= 11 is 0. The monoisotopic (exact) mass is 293 g/mol. The van der Waals surface area contributed by atoms with Crippen molar-refractivity contribution in [1.29, 1.82) is 0 Å². The van der Waals surface area contributed by atoms with Crippen molar-refractivity contribution in [1.82, 2.24) is 4.90 Å². The molecule has 1 amide bonds. The molecule has 1 aliphatic heterocycles. The maximum absolute atomic E-state index is 12.6. The summed E-state index contributed by atoms with van der Waals surface area (Å²) in [5, 5.41) is 0. The first kappa shape index (κ1) is 14.8. The molecule has 114 valence electrons. The van der Waals surface area contributed by atoms with E-state index in [1.165, 1.54) is 16.7 Å². The third kappa shape index (κ3) is 3.06. The Morgan fingerprint density at radius 3 is 2.36 bits per heavy atom. The lowest BCUT2D eigenvalue weighted by Gasteiger charge is -2.36. The summed E-state index contributed by atoms with van der Waals surface area (Å²) in [6.07, 6.45) is 1.67. The van der Waals surface area contributed by atoms with E-state index in [9.17, 15) is 4.79 Å². The molecule has 1 fully saturated rings. The minimum absolute atomic E-state index is 0.157. The lowest BCUT2D eigenvalue weighted by atomic mass is 9.88. The minimum Gasteiger partial charge on any atom is -0.336 e. The Bertz CT molecular complexity index is 633. The lowest BCUT2D eigenvalue weighted by molar-refractivity contribution is -0.136. The molecule has 0 bridgehead atoms. The molecule has 2 aromatic carbocycles. The molecule has 2 atom stereocenters. The molecule has 0 saturated carbocycles. The summed E-state index contributed by atoms with van der Waals surface area (Å²) in [6, 6.07) is 19.1. The van der Waals surface area contributed by atoms with E-state index in [0.717, 1.165) is 13.0 Å². The number of rotatable bonds is 3. The molecule has 2 nitrogen and oxygen atoms in total. The van der Waals surface area contributed by atoms with Crippen LogP contribution in [-0.4, -0.2) is 17.4 Å². The molecule has 1 unspecified atom stereocenters. The van der Waals surface area contributed by atoms with Gasteiger partial charge in [-0.25, -0.2) is 0 Å². The van der Waals surface area contributed by atoms with Crippen LogP contribution in [0.4, 0.5) is 0 Å². The van der Waals surface area contributed by atoms with Crippen LogP contribution in [0.15, 0.2) is 54.6 Å². The Morgan fingerprint density at radius 1 is 1.05 bits per heavy atom. The zero-order valence-corrected chi connectivity index (χ0v) is 13.3. The summed E-state index contributed by atoms with van der Waals surface area (Å²) in [5.74, 6) is 0.642. The summed E-state index contributed by atoms with van der Waals surface area (Å²) in [7, 11) is 0. The van der Waals surface area contributed by atoms with Crippen LogP contribution in [0.1, 0.15) is 48.4 Å². The van der Waals surface area contributed by atoms with Gasteiger partial charge in [0.05, 0.1) is 6.04 Å².